The molecule has 2 aliphatic heterocycles. The molecule has 3 heterocycles. The smallest absolute Gasteiger partial charge is 0.164 e. The van der Waals surface area contributed by atoms with Crippen molar-refractivity contribution in [2.24, 2.45) is 5.41 Å². The van der Waals surface area contributed by atoms with Gasteiger partial charge in [-0.3, -0.25) is 0 Å². The molecule has 0 saturated carbocycles. The molecule has 110 valence electrons. The van der Waals surface area contributed by atoms with Crippen LogP contribution in [-0.4, -0.2) is 28.0 Å². The van der Waals surface area contributed by atoms with Gasteiger partial charge in [-0.1, -0.05) is 13.8 Å². The Balaban J connectivity index is 1.76. The van der Waals surface area contributed by atoms with Crippen molar-refractivity contribution >= 4 is 0 Å². The molecule has 0 amide bonds. The van der Waals surface area contributed by atoms with Crippen LogP contribution in [0.5, 0.6) is 11.5 Å². The van der Waals surface area contributed by atoms with E-state index in [0.29, 0.717) is 13.2 Å². The Morgan fingerprint density at radius 3 is 2.76 bits per heavy atom. The molecule has 0 aliphatic carbocycles. The Morgan fingerprint density at radius 1 is 1.10 bits per heavy atom. The summed E-state index contributed by atoms with van der Waals surface area (Å²) in [6.07, 6.45) is 2.15. The minimum atomic E-state index is 0.290. The second-order valence-electron chi connectivity index (χ2n) is 6.55. The first kappa shape index (κ1) is 12.7. The monoisotopic (exact) mass is 285 g/mol. The summed E-state index contributed by atoms with van der Waals surface area (Å²) >= 11 is 0. The van der Waals surface area contributed by atoms with Gasteiger partial charge in [0.2, 0.25) is 0 Å². The highest BCUT2D eigenvalue weighted by Crippen LogP contribution is 2.37. The number of ether oxygens (including phenoxy) is 2. The predicted octanol–water partition coefficient (Wildman–Crippen LogP) is 2.69. The van der Waals surface area contributed by atoms with E-state index in [-0.39, 0.29) is 5.41 Å². The Bertz CT molecular complexity index is 691. The van der Waals surface area contributed by atoms with Crippen LogP contribution >= 0.6 is 0 Å². The van der Waals surface area contributed by atoms with E-state index in [1.807, 2.05) is 18.2 Å². The van der Waals surface area contributed by atoms with Gasteiger partial charge in [0.15, 0.2) is 17.3 Å². The standard InChI is InChI=1S/C16H19N3O2/c1-16(2)6-5-14-17-18-15(19(14)10-16)11-3-4-12-13(9-11)21-8-7-20-12/h3-4,9H,5-8,10H2,1-2H3. The molecule has 2 aromatic rings. The fraction of sp³-hybridized carbons (Fsp3) is 0.500. The second kappa shape index (κ2) is 4.48. The molecule has 5 nitrogen and oxygen atoms in total. The van der Waals surface area contributed by atoms with Crippen molar-refractivity contribution in [1.29, 1.82) is 0 Å². The predicted molar refractivity (Wildman–Crippen MR) is 78.6 cm³/mol. The summed E-state index contributed by atoms with van der Waals surface area (Å²) in [7, 11) is 0. The summed E-state index contributed by atoms with van der Waals surface area (Å²) in [5, 5.41) is 8.75. The minimum Gasteiger partial charge on any atom is -0.486 e. The molecule has 0 unspecified atom stereocenters. The molecule has 0 saturated heterocycles. The topological polar surface area (TPSA) is 49.2 Å². The second-order valence-corrected chi connectivity index (χ2v) is 6.55. The molecule has 0 bridgehead atoms. The van der Waals surface area contributed by atoms with Crippen LogP contribution in [0.15, 0.2) is 18.2 Å². The highest BCUT2D eigenvalue weighted by molar-refractivity contribution is 5.61. The Hall–Kier alpha value is -2.04. The van der Waals surface area contributed by atoms with Crippen molar-refractivity contribution in [3.05, 3.63) is 24.0 Å². The molecule has 0 N–H and O–H groups in total. The SMILES string of the molecule is CC1(C)CCc2nnc(-c3ccc4c(c3)OCCO4)n2C1. The van der Waals surface area contributed by atoms with E-state index in [4.69, 9.17) is 9.47 Å². The van der Waals surface area contributed by atoms with E-state index in [0.717, 1.165) is 48.1 Å². The van der Waals surface area contributed by atoms with Crippen LogP contribution in [0, 0.1) is 5.41 Å². The zero-order chi connectivity index (χ0) is 14.4. The van der Waals surface area contributed by atoms with Gasteiger partial charge in [0, 0.05) is 18.5 Å². The van der Waals surface area contributed by atoms with Crippen LogP contribution in [0.2, 0.25) is 0 Å². The third-order valence-electron chi connectivity index (χ3n) is 4.24. The number of aromatic nitrogens is 3. The van der Waals surface area contributed by atoms with E-state index < -0.39 is 0 Å². The normalized spacial score (nSPS) is 19.1. The summed E-state index contributed by atoms with van der Waals surface area (Å²) in [4.78, 5) is 0. The first-order valence-corrected chi connectivity index (χ1v) is 7.44. The van der Waals surface area contributed by atoms with Crippen molar-refractivity contribution in [2.45, 2.75) is 33.2 Å². The van der Waals surface area contributed by atoms with Crippen LogP contribution in [-0.2, 0) is 13.0 Å². The quantitative estimate of drug-likeness (QED) is 0.808. The van der Waals surface area contributed by atoms with Crippen LogP contribution in [0.4, 0.5) is 0 Å². The lowest BCUT2D eigenvalue weighted by Gasteiger charge is -2.30. The van der Waals surface area contributed by atoms with E-state index >= 15 is 0 Å². The Labute approximate surface area is 123 Å². The molecule has 1 aromatic carbocycles. The van der Waals surface area contributed by atoms with Crippen molar-refractivity contribution < 1.29 is 9.47 Å². The van der Waals surface area contributed by atoms with Crippen molar-refractivity contribution in [1.82, 2.24) is 14.8 Å². The van der Waals surface area contributed by atoms with Gasteiger partial charge < -0.3 is 14.0 Å². The maximum Gasteiger partial charge on any atom is 0.164 e. The number of fused-ring (bicyclic) bond motifs is 2. The molecular formula is C16H19N3O2. The zero-order valence-corrected chi connectivity index (χ0v) is 12.4. The van der Waals surface area contributed by atoms with Crippen molar-refractivity contribution in [3.8, 4) is 22.9 Å². The van der Waals surface area contributed by atoms with Crippen LogP contribution < -0.4 is 9.47 Å². The highest BCUT2D eigenvalue weighted by Gasteiger charge is 2.29. The third kappa shape index (κ3) is 2.17. The van der Waals surface area contributed by atoms with Gasteiger partial charge in [0.25, 0.3) is 0 Å². The van der Waals surface area contributed by atoms with Gasteiger partial charge in [-0.25, -0.2) is 0 Å². The van der Waals surface area contributed by atoms with Gasteiger partial charge >= 0.3 is 0 Å². The fourth-order valence-corrected chi connectivity index (χ4v) is 3.04. The lowest BCUT2D eigenvalue weighted by atomic mass is 9.85. The Kier molecular flexibility index (Phi) is 2.71. The zero-order valence-electron chi connectivity index (χ0n) is 12.4. The Morgan fingerprint density at radius 2 is 1.90 bits per heavy atom. The number of rotatable bonds is 1. The summed E-state index contributed by atoms with van der Waals surface area (Å²) in [5.41, 5.74) is 1.33. The van der Waals surface area contributed by atoms with Crippen LogP contribution in [0.25, 0.3) is 11.4 Å². The average Bonchev–Trinajstić information content (AvgIpc) is 2.88. The first-order chi connectivity index (χ1) is 10.1. The maximum absolute atomic E-state index is 5.66. The minimum absolute atomic E-state index is 0.290. The molecular weight excluding hydrogens is 266 g/mol. The number of hydrogen-bond donors (Lipinski definition) is 0. The summed E-state index contributed by atoms with van der Waals surface area (Å²) < 4.78 is 13.5. The molecule has 0 spiro atoms. The molecule has 0 fully saturated rings. The average molecular weight is 285 g/mol. The molecule has 1 aromatic heterocycles. The third-order valence-corrected chi connectivity index (χ3v) is 4.24. The number of hydrogen-bond acceptors (Lipinski definition) is 4. The molecule has 0 radical (unpaired) electrons. The molecule has 2 aliphatic rings. The fourth-order valence-electron chi connectivity index (χ4n) is 3.04. The molecule has 5 heteroatoms. The first-order valence-electron chi connectivity index (χ1n) is 7.44. The van der Waals surface area contributed by atoms with Gasteiger partial charge in [-0.05, 0) is 30.0 Å². The van der Waals surface area contributed by atoms with Crippen LogP contribution in [0.1, 0.15) is 26.1 Å². The van der Waals surface area contributed by atoms with E-state index in [2.05, 4.69) is 28.6 Å². The summed E-state index contributed by atoms with van der Waals surface area (Å²) in [6.45, 7) is 6.76. The molecule has 21 heavy (non-hydrogen) atoms. The van der Waals surface area contributed by atoms with Crippen LogP contribution in [0.3, 0.4) is 0 Å². The molecule has 0 atom stereocenters. The van der Waals surface area contributed by atoms with E-state index in [9.17, 15) is 0 Å². The van der Waals surface area contributed by atoms with E-state index in [1.54, 1.807) is 0 Å². The van der Waals surface area contributed by atoms with Gasteiger partial charge in [-0.2, -0.15) is 0 Å². The summed E-state index contributed by atoms with van der Waals surface area (Å²) in [6, 6.07) is 6.00. The van der Waals surface area contributed by atoms with Crippen molar-refractivity contribution in [3.63, 3.8) is 0 Å². The van der Waals surface area contributed by atoms with Gasteiger partial charge in [-0.15, -0.1) is 10.2 Å². The lowest BCUT2D eigenvalue weighted by molar-refractivity contribution is 0.171. The molecule has 4 rings (SSSR count). The van der Waals surface area contributed by atoms with Gasteiger partial charge in [0.1, 0.15) is 19.0 Å². The lowest BCUT2D eigenvalue weighted by Crippen LogP contribution is -2.27. The van der Waals surface area contributed by atoms with E-state index in [1.165, 1.54) is 0 Å². The summed E-state index contributed by atoms with van der Waals surface area (Å²) in [5.74, 6) is 3.61. The maximum atomic E-state index is 5.66. The number of aryl methyl sites for hydroxylation is 1. The van der Waals surface area contributed by atoms with Crippen molar-refractivity contribution in [2.75, 3.05) is 13.2 Å². The highest BCUT2D eigenvalue weighted by atomic mass is 16.6. The van der Waals surface area contributed by atoms with Gasteiger partial charge in [0.05, 0.1) is 0 Å². The number of benzene rings is 1. The number of nitrogens with zero attached hydrogens (tertiary/aromatic N) is 3. The largest absolute Gasteiger partial charge is 0.486 e.